The number of carbonyl (C=O) groups is 1. The number of hydrogen-bond acceptors (Lipinski definition) is 4. The van der Waals surface area contributed by atoms with E-state index in [9.17, 15) is 4.79 Å². The Labute approximate surface area is 94.9 Å². The summed E-state index contributed by atoms with van der Waals surface area (Å²) >= 11 is 0. The summed E-state index contributed by atoms with van der Waals surface area (Å²) in [5.74, 6) is -0.0637. The van der Waals surface area contributed by atoms with Crippen molar-refractivity contribution in [1.82, 2.24) is 14.8 Å². The van der Waals surface area contributed by atoms with Crippen molar-refractivity contribution in [2.24, 2.45) is 0 Å². The molecule has 1 fully saturated rings. The molecule has 1 aromatic heterocycles. The van der Waals surface area contributed by atoms with Crippen LogP contribution >= 0.6 is 0 Å². The minimum Gasteiger partial charge on any atom is -0.397 e. The molecule has 0 unspecified atom stereocenters. The summed E-state index contributed by atoms with van der Waals surface area (Å²) in [6.45, 7) is 3.29. The molecular weight excluding hydrogens is 204 g/mol. The van der Waals surface area contributed by atoms with Crippen LogP contribution in [-0.2, 0) is 0 Å². The van der Waals surface area contributed by atoms with E-state index in [1.807, 2.05) is 0 Å². The number of nitrogen functional groups attached to an aromatic ring is 1. The Morgan fingerprint density at radius 1 is 1.38 bits per heavy atom. The van der Waals surface area contributed by atoms with Crippen molar-refractivity contribution < 1.29 is 4.79 Å². The summed E-state index contributed by atoms with van der Waals surface area (Å²) < 4.78 is 0. The van der Waals surface area contributed by atoms with E-state index in [-0.39, 0.29) is 5.91 Å². The van der Waals surface area contributed by atoms with Crippen LogP contribution in [0.15, 0.2) is 18.3 Å². The Bertz CT molecular complexity index is 385. The number of carbonyl (C=O) groups excluding carboxylic acids is 1. The van der Waals surface area contributed by atoms with Crippen LogP contribution in [0.4, 0.5) is 5.69 Å². The van der Waals surface area contributed by atoms with Crippen LogP contribution in [-0.4, -0.2) is 53.9 Å². The third-order valence-electron chi connectivity index (χ3n) is 2.83. The first-order chi connectivity index (χ1) is 7.68. The molecule has 0 radical (unpaired) electrons. The van der Waals surface area contributed by atoms with Crippen LogP contribution in [0, 0.1) is 0 Å². The molecular formula is C11H16N4O. The predicted molar refractivity (Wildman–Crippen MR) is 62.0 cm³/mol. The first-order valence-electron chi connectivity index (χ1n) is 5.37. The van der Waals surface area contributed by atoms with Crippen LogP contribution < -0.4 is 5.73 Å². The standard InChI is InChI=1S/C11H16N4O/c1-14-5-7-15(8-6-14)11(16)10-9(12)3-2-4-13-10/h2-4H,5-8,12H2,1H3. The van der Waals surface area contributed by atoms with Gasteiger partial charge in [-0.15, -0.1) is 0 Å². The minimum atomic E-state index is -0.0637. The van der Waals surface area contributed by atoms with Gasteiger partial charge in [0.25, 0.3) is 5.91 Å². The van der Waals surface area contributed by atoms with Gasteiger partial charge in [-0.05, 0) is 19.2 Å². The largest absolute Gasteiger partial charge is 0.397 e. The van der Waals surface area contributed by atoms with Gasteiger partial charge in [0.1, 0.15) is 0 Å². The normalized spacial score (nSPS) is 17.4. The lowest BCUT2D eigenvalue weighted by atomic mass is 10.2. The predicted octanol–water partition coefficient (Wildman–Crippen LogP) is 0.0514. The summed E-state index contributed by atoms with van der Waals surface area (Å²) in [5.41, 5.74) is 6.55. The summed E-state index contributed by atoms with van der Waals surface area (Å²) in [5, 5.41) is 0. The molecule has 5 heteroatoms. The van der Waals surface area contributed by atoms with Crippen molar-refractivity contribution in [2.75, 3.05) is 39.0 Å². The molecule has 86 valence electrons. The van der Waals surface area contributed by atoms with Gasteiger partial charge in [0, 0.05) is 32.4 Å². The maximum absolute atomic E-state index is 12.1. The lowest BCUT2D eigenvalue weighted by molar-refractivity contribution is 0.0659. The molecule has 2 rings (SSSR count). The number of nitrogens with two attached hydrogens (primary N) is 1. The smallest absolute Gasteiger partial charge is 0.274 e. The molecule has 0 aromatic carbocycles. The summed E-state index contributed by atoms with van der Waals surface area (Å²) in [6.07, 6.45) is 1.60. The number of rotatable bonds is 1. The van der Waals surface area contributed by atoms with E-state index in [2.05, 4.69) is 16.9 Å². The zero-order valence-corrected chi connectivity index (χ0v) is 9.39. The molecule has 1 aliphatic rings. The van der Waals surface area contributed by atoms with Gasteiger partial charge in [-0.1, -0.05) is 0 Å². The molecule has 0 saturated carbocycles. The van der Waals surface area contributed by atoms with E-state index >= 15 is 0 Å². The number of aromatic nitrogens is 1. The van der Waals surface area contributed by atoms with Gasteiger partial charge in [0.2, 0.25) is 0 Å². The lowest BCUT2D eigenvalue weighted by Gasteiger charge is -2.32. The molecule has 0 atom stereocenters. The van der Waals surface area contributed by atoms with Gasteiger partial charge in [-0.2, -0.15) is 0 Å². The highest BCUT2D eigenvalue weighted by molar-refractivity contribution is 5.97. The van der Waals surface area contributed by atoms with Crippen LogP contribution in [0.2, 0.25) is 0 Å². The second-order valence-electron chi connectivity index (χ2n) is 4.04. The van der Waals surface area contributed by atoms with Gasteiger partial charge in [0.15, 0.2) is 5.69 Å². The molecule has 2 heterocycles. The minimum absolute atomic E-state index is 0.0637. The highest BCUT2D eigenvalue weighted by Gasteiger charge is 2.22. The summed E-state index contributed by atoms with van der Waals surface area (Å²) in [4.78, 5) is 20.1. The molecule has 0 spiro atoms. The molecule has 0 aliphatic carbocycles. The van der Waals surface area contributed by atoms with Crippen LogP contribution in [0.3, 0.4) is 0 Å². The fraction of sp³-hybridized carbons (Fsp3) is 0.455. The first kappa shape index (κ1) is 10.9. The number of pyridine rings is 1. The monoisotopic (exact) mass is 220 g/mol. The van der Waals surface area contributed by atoms with E-state index < -0.39 is 0 Å². The van der Waals surface area contributed by atoms with Crippen molar-refractivity contribution in [2.45, 2.75) is 0 Å². The average molecular weight is 220 g/mol. The van der Waals surface area contributed by atoms with Gasteiger partial charge >= 0.3 is 0 Å². The topological polar surface area (TPSA) is 62.5 Å². The number of piperazine rings is 1. The third-order valence-corrected chi connectivity index (χ3v) is 2.83. The van der Waals surface area contributed by atoms with Crippen LogP contribution in [0.5, 0.6) is 0 Å². The average Bonchev–Trinajstić information content (AvgIpc) is 2.30. The van der Waals surface area contributed by atoms with E-state index in [4.69, 9.17) is 5.73 Å². The molecule has 1 aromatic rings. The Kier molecular flexibility index (Phi) is 3.05. The van der Waals surface area contributed by atoms with Crippen molar-refractivity contribution in [3.05, 3.63) is 24.0 Å². The molecule has 16 heavy (non-hydrogen) atoms. The molecule has 2 N–H and O–H groups in total. The van der Waals surface area contributed by atoms with Crippen molar-refractivity contribution >= 4 is 11.6 Å². The van der Waals surface area contributed by atoms with Crippen molar-refractivity contribution in [3.63, 3.8) is 0 Å². The second kappa shape index (κ2) is 4.49. The maximum atomic E-state index is 12.1. The van der Waals surface area contributed by atoms with Gasteiger partial charge < -0.3 is 15.5 Å². The van der Waals surface area contributed by atoms with E-state index in [1.54, 1.807) is 23.2 Å². The van der Waals surface area contributed by atoms with Crippen molar-refractivity contribution in [1.29, 1.82) is 0 Å². The van der Waals surface area contributed by atoms with E-state index in [1.165, 1.54) is 0 Å². The van der Waals surface area contributed by atoms with Crippen LogP contribution in [0.25, 0.3) is 0 Å². The highest BCUT2D eigenvalue weighted by atomic mass is 16.2. The number of nitrogens with zero attached hydrogens (tertiary/aromatic N) is 3. The number of amides is 1. The lowest BCUT2D eigenvalue weighted by Crippen LogP contribution is -2.47. The first-order valence-corrected chi connectivity index (χ1v) is 5.37. The Morgan fingerprint density at radius 2 is 2.06 bits per heavy atom. The van der Waals surface area contributed by atoms with Gasteiger partial charge in [-0.3, -0.25) is 4.79 Å². The molecule has 1 saturated heterocycles. The van der Waals surface area contributed by atoms with E-state index in [0.717, 1.165) is 26.2 Å². The molecule has 1 aliphatic heterocycles. The maximum Gasteiger partial charge on any atom is 0.274 e. The Hall–Kier alpha value is -1.62. The van der Waals surface area contributed by atoms with Gasteiger partial charge in [0.05, 0.1) is 5.69 Å². The highest BCUT2D eigenvalue weighted by Crippen LogP contribution is 2.11. The third kappa shape index (κ3) is 2.14. The molecule has 5 nitrogen and oxygen atoms in total. The fourth-order valence-electron chi connectivity index (χ4n) is 1.76. The quantitative estimate of drug-likeness (QED) is 0.726. The van der Waals surface area contributed by atoms with Crippen LogP contribution in [0.1, 0.15) is 10.5 Å². The zero-order valence-electron chi connectivity index (χ0n) is 9.39. The Balaban J connectivity index is 2.11. The summed E-state index contributed by atoms with van der Waals surface area (Å²) in [7, 11) is 2.05. The number of hydrogen-bond donors (Lipinski definition) is 1. The van der Waals surface area contributed by atoms with E-state index in [0.29, 0.717) is 11.4 Å². The SMILES string of the molecule is CN1CCN(C(=O)c2ncccc2N)CC1. The molecule has 0 bridgehead atoms. The van der Waals surface area contributed by atoms with Gasteiger partial charge in [-0.25, -0.2) is 4.98 Å². The number of anilines is 1. The summed E-state index contributed by atoms with van der Waals surface area (Å²) in [6, 6.07) is 3.44. The van der Waals surface area contributed by atoms with Crippen molar-refractivity contribution in [3.8, 4) is 0 Å². The number of likely N-dealkylation sites (N-methyl/N-ethyl adjacent to an activating group) is 1. The zero-order chi connectivity index (χ0) is 11.5. The Morgan fingerprint density at radius 3 is 2.69 bits per heavy atom. The molecule has 1 amide bonds. The fourth-order valence-corrected chi connectivity index (χ4v) is 1.76. The second-order valence-corrected chi connectivity index (χ2v) is 4.04.